The van der Waals surface area contributed by atoms with E-state index in [9.17, 15) is 14.4 Å². The van der Waals surface area contributed by atoms with Crippen molar-refractivity contribution in [2.45, 2.75) is 25.5 Å². The summed E-state index contributed by atoms with van der Waals surface area (Å²) in [5, 5.41) is 7.88. The van der Waals surface area contributed by atoms with Crippen LogP contribution in [-0.4, -0.2) is 44.1 Å². The van der Waals surface area contributed by atoms with Gasteiger partial charge in [0.25, 0.3) is 5.91 Å². The highest BCUT2D eigenvalue weighted by molar-refractivity contribution is 6.40. The van der Waals surface area contributed by atoms with Crippen LogP contribution in [0.1, 0.15) is 28.8 Å². The number of amides is 3. The third kappa shape index (κ3) is 5.81. The van der Waals surface area contributed by atoms with Gasteiger partial charge in [-0.2, -0.15) is 0 Å². The van der Waals surface area contributed by atoms with Gasteiger partial charge in [0.05, 0.1) is 24.5 Å². The number of anilines is 1. The first-order chi connectivity index (χ1) is 14.6. The van der Waals surface area contributed by atoms with Crippen molar-refractivity contribution >= 4 is 23.4 Å². The lowest BCUT2D eigenvalue weighted by atomic mass is 10.1. The van der Waals surface area contributed by atoms with Crippen LogP contribution in [0.25, 0.3) is 0 Å². The zero-order valence-electron chi connectivity index (χ0n) is 16.8. The summed E-state index contributed by atoms with van der Waals surface area (Å²) in [6, 6.07) is 13.9. The molecule has 8 heteroatoms. The van der Waals surface area contributed by atoms with Crippen LogP contribution in [0.2, 0.25) is 0 Å². The molecular formula is C22H25N3O5. The van der Waals surface area contributed by atoms with E-state index in [2.05, 4.69) is 16.0 Å². The van der Waals surface area contributed by atoms with Crippen molar-refractivity contribution < 1.29 is 23.9 Å². The molecule has 2 aromatic rings. The molecule has 3 N–H and O–H groups in total. The lowest BCUT2D eigenvalue weighted by molar-refractivity contribution is -0.136. The summed E-state index contributed by atoms with van der Waals surface area (Å²) >= 11 is 0. The molecule has 0 saturated carbocycles. The second-order valence-corrected chi connectivity index (χ2v) is 6.88. The molecule has 1 saturated heterocycles. The number of methoxy groups -OCH3 is 1. The predicted molar refractivity (Wildman–Crippen MR) is 111 cm³/mol. The minimum atomic E-state index is -0.830. The molecular weight excluding hydrogens is 386 g/mol. The Balaban J connectivity index is 1.56. The summed E-state index contributed by atoms with van der Waals surface area (Å²) in [5.74, 6) is -1.22. The Kier molecular flexibility index (Phi) is 7.40. The molecule has 0 bridgehead atoms. The fraction of sp³-hybridized carbons (Fsp3) is 0.318. The summed E-state index contributed by atoms with van der Waals surface area (Å²) in [6.07, 6.45) is 1.75. The van der Waals surface area contributed by atoms with Crippen molar-refractivity contribution in [2.24, 2.45) is 0 Å². The summed E-state index contributed by atoms with van der Waals surface area (Å²) in [7, 11) is 1.59. The van der Waals surface area contributed by atoms with Crippen molar-refractivity contribution in [3.63, 3.8) is 0 Å². The third-order valence-electron chi connectivity index (χ3n) is 4.75. The maximum Gasteiger partial charge on any atom is 0.313 e. The van der Waals surface area contributed by atoms with Crippen molar-refractivity contribution in [1.82, 2.24) is 10.6 Å². The predicted octanol–water partition coefficient (Wildman–Crippen LogP) is 1.86. The van der Waals surface area contributed by atoms with E-state index in [1.807, 2.05) is 24.3 Å². The monoisotopic (exact) mass is 411 g/mol. The molecule has 3 amide bonds. The van der Waals surface area contributed by atoms with Crippen molar-refractivity contribution in [2.75, 3.05) is 25.6 Å². The number of carbonyl (C=O) groups is 3. The van der Waals surface area contributed by atoms with Crippen LogP contribution in [0.5, 0.6) is 5.75 Å². The second-order valence-electron chi connectivity index (χ2n) is 6.88. The number of hydrogen-bond acceptors (Lipinski definition) is 5. The molecule has 1 aliphatic rings. The molecule has 0 radical (unpaired) electrons. The standard InChI is InChI=1S/C22H25N3O5/c1-29-16-10-8-15(9-11-16)13-23-20(26)18-6-2-3-7-19(18)25-22(28)21(27)24-14-17-5-4-12-30-17/h2-3,6-11,17H,4-5,12-14H2,1H3,(H,23,26)(H,24,27)(H,25,28)/t17-/m0/s1. The van der Waals surface area contributed by atoms with Gasteiger partial charge in [0.2, 0.25) is 0 Å². The number of benzene rings is 2. The van der Waals surface area contributed by atoms with Gasteiger partial charge in [0.15, 0.2) is 0 Å². The van der Waals surface area contributed by atoms with Crippen LogP contribution in [0.3, 0.4) is 0 Å². The van der Waals surface area contributed by atoms with E-state index in [0.717, 1.165) is 24.2 Å². The van der Waals surface area contributed by atoms with Crippen molar-refractivity contribution in [3.8, 4) is 5.75 Å². The molecule has 0 spiro atoms. The quantitative estimate of drug-likeness (QED) is 0.603. The Morgan fingerprint density at radius 3 is 2.50 bits per heavy atom. The fourth-order valence-corrected chi connectivity index (χ4v) is 3.08. The maximum atomic E-state index is 12.6. The van der Waals surface area contributed by atoms with E-state index >= 15 is 0 Å². The Hall–Kier alpha value is -3.39. The van der Waals surface area contributed by atoms with Crippen LogP contribution in [0, 0.1) is 0 Å². The van der Waals surface area contributed by atoms with Crippen LogP contribution in [0.15, 0.2) is 48.5 Å². The lowest BCUT2D eigenvalue weighted by Gasteiger charge is -2.13. The van der Waals surface area contributed by atoms with E-state index in [4.69, 9.17) is 9.47 Å². The number of rotatable bonds is 7. The maximum absolute atomic E-state index is 12.6. The van der Waals surface area contributed by atoms with Gasteiger partial charge in [-0.3, -0.25) is 14.4 Å². The number of ether oxygens (including phenoxy) is 2. The van der Waals surface area contributed by atoms with Crippen LogP contribution in [-0.2, 0) is 20.9 Å². The molecule has 0 aliphatic carbocycles. The Bertz CT molecular complexity index is 892. The summed E-state index contributed by atoms with van der Waals surface area (Å²) < 4.78 is 10.5. The lowest BCUT2D eigenvalue weighted by Crippen LogP contribution is -2.39. The molecule has 2 aromatic carbocycles. The summed E-state index contributed by atoms with van der Waals surface area (Å²) in [5.41, 5.74) is 1.44. The van der Waals surface area contributed by atoms with Gasteiger partial charge in [0, 0.05) is 19.7 Å². The first-order valence-electron chi connectivity index (χ1n) is 9.77. The Morgan fingerprint density at radius 1 is 1.03 bits per heavy atom. The van der Waals surface area contributed by atoms with Gasteiger partial charge in [-0.15, -0.1) is 0 Å². The number of carbonyl (C=O) groups excluding carboxylic acids is 3. The zero-order chi connectivity index (χ0) is 21.3. The topological polar surface area (TPSA) is 106 Å². The van der Waals surface area contributed by atoms with Gasteiger partial charge in [-0.05, 0) is 42.7 Å². The second kappa shape index (κ2) is 10.4. The molecule has 1 fully saturated rings. The highest BCUT2D eigenvalue weighted by atomic mass is 16.5. The zero-order valence-corrected chi connectivity index (χ0v) is 16.8. The minimum absolute atomic E-state index is 0.0576. The van der Waals surface area contributed by atoms with Crippen LogP contribution >= 0.6 is 0 Å². The van der Waals surface area contributed by atoms with Gasteiger partial charge in [0.1, 0.15) is 5.75 Å². The molecule has 158 valence electrons. The van der Waals surface area contributed by atoms with Gasteiger partial charge >= 0.3 is 11.8 Å². The fourth-order valence-electron chi connectivity index (χ4n) is 3.08. The highest BCUT2D eigenvalue weighted by Crippen LogP contribution is 2.16. The van der Waals surface area contributed by atoms with Gasteiger partial charge in [-0.1, -0.05) is 24.3 Å². The minimum Gasteiger partial charge on any atom is -0.497 e. The van der Waals surface area contributed by atoms with Gasteiger partial charge in [-0.25, -0.2) is 0 Å². The van der Waals surface area contributed by atoms with Crippen molar-refractivity contribution in [3.05, 3.63) is 59.7 Å². The summed E-state index contributed by atoms with van der Waals surface area (Å²) in [6.45, 7) is 1.27. The van der Waals surface area contributed by atoms with Crippen molar-refractivity contribution in [1.29, 1.82) is 0 Å². The van der Waals surface area contributed by atoms with E-state index in [1.165, 1.54) is 0 Å². The van der Waals surface area contributed by atoms with Crippen LogP contribution < -0.4 is 20.7 Å². The number of para-hydroxylation sites is 1. The molecule has 1 heterocycles. The molecule has 3 rings (SSSR count). The largest absolute Gasteiger partial charge is 0.497 e. The first-order valence-corrected chi connectivity index (χ1v) is 9.77. The molecule has 1 atom stereocenters. The Labute approximate surface area is 174 Å². The number of hydrogen-bond donors (Lipinski definition) is 3. The normalized spacial score (nSPS) is 15.3. The summed E-state index contributed by atoms with van der Waals surface area (Å²) in [4.78, 5) is 36.9. The molecule has 1 aliphatic heterocycles. The van der Waals surface area contributed by atoms with E-state index < -0.39 is 11.8 Å². The first kappa shape index (κ1) is 21.3. The van der Waals surface area contributed by atoms with Crippen LogP contribution in [0.4, 0.5) is 5.69 Å². The molecule has 8 nitrogen and oxygen atoms in total. The van der Waals surface area contributed by atoms with E-state index in [-0.39, 0.29) is 29.8 Å². The molecule has 30 heavy (non-hydrogen) atoms. The SMILES string of the molecule is COc1ccc(CNC(=O)c2ccccc2NC(=O)C(=O)NC[C@@H]2CCCO2)cc1. The van der Waals surface area contributed by atoms with Gasteiger partial charge < -0.3 is 25.4 Å². The average molecular weight is 411 g/mol. The molecule has 0 aromatic heterocycles. The Morgan fingerprint density at radius 2 is 1.80 bits per heavy atom. The van der Waals surface area contributed by atoms with E-state index in [1.54, 1.807) is 31.4 Å². The number of nitrogens with one attached hydrogen (secondary N) is 3. The average Bonchev–Trinajstić information content (AvgIpc) is 3.30. The smallest absolute Gasteiger partial charge is 0.313 e. The highest BCUT2D eigenvalue weighted by Gasteiger charge is 2.21. The molecule has 0 unspecified atom stereocenters. The van der Waals surface area contributed by atoms with E-state index in [0.29, 0.717) is 13.2 Å². The third-order valence-corrected chi connectivity index (χ3v) is 4.75.